The summed E-state index contributed by atoms with van der Waals surface area (Å²) in [6.45, 7) is 5.81. The van der Waals surface area contributed by atoms with Crippen LogP contribution >= 0.6 is 0 Å². The number of aryl methyl sites for hydroxylation is 1. The van der Waals surface area contributed by atoms with Gasteiger partial charge in [-0.15, -0.1) is 0 Å². The second-order valence-corrected chi connectivity index (χ2v) is 11.5. The number of amides is 1. The molecule has 45 heavy (non-hydrogen) atoms. The first-order valence-corrected chi connectivity index (χ1v) is 15.4. The van der Waals surface area contributed by atoms with Crippen LogP contribution in [0.5, 0.6) is 28.7 Å². The number of rotatable bonds is 11. The molecule has 2 aliphatic heterocycles. The molecule has 1 amide bonds. The van der Waals surface area contributed by atoms with Crippen molar-refractivity contribution in [3.05, 3.63) is 70.8 Å². The number of carbonyl (C=O) groups excluding carboxylic acids is 2. The highest BCUT2D eigenvalue weighted by atomic mass is 16.7. The van der Waals surface area contributed by atoms with Gasteiger partial charge in [0, 0.05) is 37.0 Å². The summed E-state index contributed by atoms with van der Waals surface area (Å²) in [4.78, 5) is 28.0. The fraction of sp³-hybridized carbons (Fsp3) is 0.429. The Bertz CT molecular complexity index is 1560. The van der Waals surface area contributed by atoms with E-state index in [4.69, 9.17) is 28.4 Å². The van der Waals surface area contributed by atoms with Gasteiger partial charge < -0.3 is 38.6 Å². The molecule has 3 aromatic rings. The van der Waals surface area contributed by atoms with Gasteiger partial charge in [0.25, 0.3) is 0 Å². The number of esters is 1. The summed E-state index contributed by atoms with van der Waals surface area (Å²) in [5.74, 6) is 1.67. The molecule has 0 aromatic heterocycles. The molecule has 1 fully saturated rings. The zero-order valence-electron chi connectivity index (χ0n) is 26.4. The second kappa shape index (κ2) is 12.8. The number of ether oxygens (including phenoxy) is 6. The van der Waals surface area contributed by atoms with Crippen LogP contribution < -0.4 is 29.0 Å². The van der Waals surface area contributed by atoms with E-state index in [1.54, 1.807) is 21.3 Å². The van der Waals surface area contributed by atoms with Crippen LogP contribution in [0, 0.1) is 11.8 Å². The fourth-order valence-electron chi connectivity index (χ4n) is 7.01. The standard InChI is InChI=1S/C35H40N2O8/c1-6-37(7-2)30(38)12-11-20-9-8-10-22(13-20)36-33-24-17-27-26(44-19-45-27)16-23(24)31(32-25(33)18-43-35(32)39)21-14-28(40-3)34(42-5)29(15-21)41-4/h8-10,13-17,25,31-33,36H,6-7,11-12,18-19H2,1-5H3/t25-,31+,32-,33+/m0/s1. The van der Waals surface area contributed by atoms with Gasteiger partial charge in [-0.3, -0.25) is 9.59 Å². The molecule has 6 rings (SSSR count). The number of nitrogens with zero attached hydrogens (tertiary/aromatic N) is 1. The van der Waals surface area contributed by atoms with Crippen molar-refractivity contribution >= 4 is 17.6 Å². The van der Waals surface area contributed by atoms with E-state index in [1.165, 1.54) is 0 Å². The summed E-state index contributed by atoms with van der Waals surface area (Å²) in [6.07, 6.45) is 1.09. The second-order valence-electron chi connectivity index (χ2n) is 11.5. The Labute approximate surface area is 263 Å². The van der Waals surface area contributed by atoms with Crippen molar-refractivity contribution in [3.8, 4) is 28.7 Å². The van der Waals surface area contributed by atoms with Crippen molar-refractivity contribution in [2.75, 3.05) is 53.1 Å². The number of cyclic esters (lactones) is 1. The monoisotopic (exact) mass is 616 g/mol. The molecule has 0 saturated carbocycles. The third-order valence-corrected chi connectivity index (χ3v) is 9.23. The van der Waals surface area contributed by atoms with Gasteiger partial charge in [0.2, 0.25) is 18.4 Å². The summed E-state index contributed by atoms with van der Waals surface area (Å²) >= 11 is 0. The lowest BCUT2D eigenvalue weighted by molar-refractivity contribution is -0.141. The Morgan fingerprint density at radius 3 is 2.24 bits per heavy atom. The molecule has 1 aliphatic carbocycles. The van der Waals surface area contributed by atoms with Crippen LogP contribution in [-0.2, 0) is 20.7 Å². The predicted octanol–water partition coefficient (Wildman–Crippen LogP) is 5.33. The number of benzene rings is 3. The van der Waals surface area contributed by atoms with Gasteiger partial charge in [-0.25, -0.2) is 0 Å². The number of carbonyl (C=O) groups is 2. The first kappa shape index (κ1) is 30.4. The quantitative estimate of drug-likeness (QED) is 0.286. The van der Waals surface area contributed by atoms with E-state index in [0.29, 0.717) is 54.7 Å². The largest absolute Gasteiger partial charge is 0.493 e. The first-order valence-electron chi connectivity index (χ1n) is 15.4. The van der Waals surface area contributed by atoms with E-state index in [9.17, 15) is 9.59 Å². The van der Waals surface area contributed by atoms with Crippen LogP contribution in [0.4, 0.5) is 5.69 Å². The smallest absolute Gasteiger partial charge is 0.310 e. The van der Waals surface area contributed by atoms with Crippen LogP contribution in [0.25, 0.3) is 0 Å². The van der Waals surface area contributed by atoms with E-state index in [0.717, 1.165) is 27.9 Å². The lowest BCUT2D eigenvalue weighted by Crippen LogP contribution is -2.37. The lowest BCUT2D eigenvalue weighted by Gasteiger charge is -2.40. The molecule has 10 heteroatoms. The minimum absolute atomic E-state index is 0.133. The summed E-state index contributed by atoms with van der Waals surface area (Å²) in [7, 11) is 4.72. The Balaban J connectivity index is 1.40. The van der Waals surface area contributed by atoms with Gasteiger partial charge in [-0.2, -0.15) is 0 Å². The van der Waals surface area contributed by atoms with Gasteiger partial charge in [0.05, 0.1) is 39.9 Å². The summed E-state index contributed by atoms with van der Waals surface area (Å²) in [6, 6.07) is 15.7. The highest BCUT2D eigenvalue weighted by Crippen LogP contribution is 2.56. The number of hydrogen-bond donors (Lipinski definition) is 1. The molecule has 1 saturated heterocycles. The Morgan fingerprint density at radius 1 is 0.911 bits per heavy atom. The third-order valence-electron chi connectivity index (χ3n) is 9.23. The third kappa shape index (κ3) is 5.58. The molecule has 0 radical (unpaired) electrons. The van der Waals surface area contributed by atoms with E-state index in [2.05, 4.69) is 11.4 Å². The molecule has 4 atom stereocenters. The Kier molecular flexibility index (Phi) is 8.65. The van der Waals surface area contributed by atoms with Crippen molar-refractivity contribution in [1.82, 2.24) is 4.90 Å². The Morgan fingerprint density at radius 2 is 1.60 bits per heavy atom. The molecular weight excluding hydrogens is 576 g/mol. The molecule has 1 N–H and O–H groups in total. The SMILES string of the molecule is CCN(CC)C(=O)CCc1cccc(N[C@@H]2c3cc4c(cc3[C@@H](c3cc(OC)c(OC)c(OC)c3)[C@H]3C(=O)OC[C@@H]32)OCO4)c1. The van der Waals surface area contributed by atoms with Crippen LogP contribution in [0.3, 0.4) is 0 Å². The maximum Gasteiger partial charge on any atom is 0.310 e. The molecule has 0 bridgehead atoms. The average Bonchev–Trinajstić information content (AvgIpc) is 3.69. The van der Waals surface area contributed by atoms with Crippen molar-refractivity contribution < 1.29 is 38.0 Å². The Hall–Kier alpha value is -4.60. The van der Waals surface area contributed by atoms with Gasteiger partial charge in [0.15, 0.2) is 23.0 Å². The number of fused-ring (bicyclic) bond motifs is 3. The molecule has 0 spiro atoms. The highest BCUT2D eigenvalue weighted by molar-refractivity contribution is 5.79. The van der Waals surface area contributed by atoms with Gasteiger partial charge >= 0.3 is 5.97 Å². The van der Waals surface area contributed by atoms with Crippen molar-refractivity contribution in [1.29, 1.82) is 0 Å². The number of methoxy groups -OCH3 is 3. The topological polar surface area (TPSA) is 105 Å². The van der Waals surface area contributed by atoms with Crippen LogP contribution in [0.2, 0.25) is 0 Å². The van der Waals surface area contributed by atoms with Crippen molar-refractivity contribution in [2.24, 2.45) is 11.8 Å². The van der Waals surface area contributed by atoms with E-state index < -0.39 is 5.92 Å². The van der Waals surface area contributed by atoms with Crippen molar-refractivity contribution in [2.45, 2.75) is 38.6 Å². The highest BCUT2D eigenvalue weighted by Gasteiger charge is 2.52. The molecule has 10 nitrogen and oxygen atoms in total. The number of nitrogens with one attached hydrogen (secondary N) is 1. The summed E-state index contributed by atoms with van der Waals surface area (Å²) in [5, 5.41) is 3.74. The van der Waals surface area contributed by atoms with Gasteiger partial charge in [0.1, 0.15) is 0 Å². The molecule has 0 unspecified atom stereocenters. The predicted molar refractivity (Wildman–Crippen MR) is 167 cm³/mol. The van der Waals surface area contributed by atoms with E-state index in [1.807, 2.05) is 61.2 Å². The lowest BCUT2D eigenvalue weighted by atomic mass is 9.65. The zero-order chi connectivity index (χ0) is 31.7. The maximum absolute atomic E-state index is 13.5. The normalized spacial score (nSPS) is 21.0. The van der Waals surface area contributed by atoms with Crippen LogP contribution in [-0.4, -0.2) is 64.6 Å². The minimum Gasteiger partial charge on any atom is -0.493 e. The first-order chi connectivity index (χ1) is 21.9. The number of hydrogen-bond acceptors (Lipinski definition) is 9. The molecule has 3 aromatic carbocycles. The molecular formula is C35H40N2O8. The van der Waals surface area contributed by atoms with E-state index >= 15 is 0 Å². The van der Waals surface area contributed by atoms with E-state index in [-0.39, 0.29) is 43.2 Å². The summed E-state index contributed by atoms with van der Waals surface area (Å²) < 4.78 is 34.3. The minimum atomic E-state index is -0.479. The van der Waals surface area contributed by atoms with Crippen LogP contribution in [0.15, 0.2) is 48.5 Å². The van der Waals surface area contributed by atoms with Gasteiger partial charge in [-0.1, -0.05) is 12.1 Å². The van der Waals surface area contributed by atoms with Gasteiger partial charge in [-0.05, 0) is 78.9 Å². The van der Waals surface area contributed by atoms with Crippen molar-refractivity contribution in [3.63, 3.8) is 0 Å². The van der Waals surface area contributed by atoms with Crippen LogP contribution in [0.1, 0.15) is 54.5 Å². The fourth-order valence-corrected chi connectivity index (χ4v) is 7.01. The maximum atomic E-state index is 13.5. The molecule has 3 aliphatic rings. The molecule has 238 valence electrons. The average molecular weight is 617 g/mol. The summed E-state index contributed by atoms with van der Waals surface area (Å²) in [5.41, 5.74) is 4.75. The molecule has 2 heterocycles. The number of anilines is 1. The zero-order valence-corrected chi connectivity index (χ0v) is 26.4.